The molecule has 1 aliphatic rings. The Kier molecular flexibility index (Phi) is 3.52. The summed E-state index contributed by atoms with van der Waals surface area (Å²) in [6, 6.07) is -1.22. The van der Waals surface area contributed by atoms with Crippen molar-refractivity contribution in [1.29, 1.82) is 0 Å². The first-order valence-electron chi connectivity index (χ1n) is 5.82. The molecular formula is C10H13N3O6S. The average Bonchev–Trinajstić information content (AvgIpc) is 2.71. The lowest BCUT2D eigenvalue weighted by molar-refractivity contribution is -0.141. The van der Waals surface area contributed by atoms with Gasteiger partial charge in [-0.25, -0.2) is 13.2 Å². The van der Waals surface area contributed by atoms with Gasteiger partial charge in [0.2, 0.25) is 0 Å². The zero-order valence-electron chi connectivity index (χ0n) is 10.5. The van der Waals surface area contributed by atoms with Gasteiger partial charge in [-0.3, -0.25) is 14.6 Å². The van der Waals surface area contributed by atoms with Gasteiger partial charge in [0.05, 0.1) is 0 Å². The van der Waals surface area contributed by atoms with E-state index >= 15 is 0 Å². The summed E-state index contributed by atoms with van der Waals surface area (Å²) in [6.07, 6.45) is 1.16. The van der Waals surface area contributed by atoms with Crippen LogP contribution in [0.2, 0.25) is 0 Å². The molecule has 0 spiro atoms. The summed E-state index contributed by atoms with van der Waals surface area (Å²) in [5, 5.41) is 9.13. The van der Waals surface area contributed by atoms with Crippen LogP contribution < -0.4 is 11.2 Å². The van der Waals surface area contributed by atoms with Crippen LogP contribution in [0.4, 0.5) is 0 Å². The maximum absolute atomic E-state index is 12.3. The van der Waals surface area contributed by atoms with Crippen molar-refractivity contribution in [2.24, 2.45) is 5.92 Å². The zero-order chi connectivity index (χ0) is 15.1. The van der Waals surface area contributed by atoms with Crippen LogP contribution >= 0.6 is 0 Å². The van der Waals surface area contributed by atoms with Gasteiger partial charge in [-0.1, -0.05) is 6.92 Å². The van der Waals surface area contributed by atoms with Crippen LogP contribution in [-0.4, -0.2) is 46.4 Å². The van der Waals surface area contributed by atoms with Crippen LogP contribution in [0.1, 0.15) is 13.3 Å². The van der Waals surface area contributed by atoms with Crippen molar-refractivity contribution in [2.45, 2.75) is 24.3 Å². The molecule has 20 heavy (non-hydrogen) atoms. The zero-order valence-corrected chi connectivity index (χ0v) is 11.3. The third-order valence-corrected chi connectivity index (χ3v) is 5.17. The van der Waals surface area contributed by atoms with E-state index in [0.717, 1.165) is 10.5 Å². The Hall–Kier alpha value is -1.94. The third kappa shape index (κ3) is 2.27. The molecule has 0 aliphatic carbocycles. The van der Waals surface area contributed by atoms with E-state index in [9.17, 15) is 22.8 Å². The Bertz CT molecular complexity index is 749. The summed E-state index contributed by atoms with van der Waals surface area (Å²) < 4.78 is 25.5. The Labute approximate surface area is 113 Å². The molecule has 2 unspecified atom stereocenters. The lowest BCUT2D eigenvalue weighted by Gasteiger charge is -2.22. The van der Waals surface area contributed by atoms with E-state index in [2.05, 4.69) is 4.98 Å². The van der Waals surface area contributed by atoms with E-state index in [1.54, 1.807) is 11.9 Å². The molecule has 2 rings (SSSR count). The van der Waals surface area contributed by atoms with Gasteiger partial charge in [0, 0.05) is 12.7 Å². The predicted molar refractivity (Wildman–Crippen MR) is 66.8 cm³/mol. The van der Waals surface area contributed by atoms with Crippen LogP contribution in [-0.2, 0) is 14.8 Å². The van der Waals surface area contributed by atoms with Crippen molar-refractivity contribution in [3.63, 3.8) is 0 Å². The number of carboxylic acid groups (broad SMARTS) is 1. The van der Waals surface area contributed by atoms with Crippen molar-refractivity contribution in [3.05, 3.63) is 27.0 Å². The fourth-order valence-electron chi connectivity index (χ4n) is 2.26. The summed E-state index contributed by atoms with van der Waals surface area (Å²) in [7, 11) is -4.27. The maximum Gasteiger partial charge on any atom is 0.325 e. The SMILES string of the molecule is CC1CCN(S(=O)(=O)c2c[nH]c(=O)[nH]c2=O)C1C(=O)O. The van der Waals surface area contributed by atoms with E-state index in [4.69, 9.17) is 5.11 Å². The van der Waals surface area contributed by atoms with Crippen molar-refractivity contribution in [2.75, 3.05) is 6.54 Å². The van der Waals surface area contributed by atoms with E-state index < -0.39 is 38.2 Å². The number of aromatic nitrogens is 2. The highest BCUT2D eigenvalue weighted by atomic mass is 32.2. The second-order valence-electron chi connectivity index (χ2n) is 4.60. The van der Waals surface area contributed by atoms with Crippen molar-refractivity contribution in [3.8, 4) is 0 Å². The van der Waals surface area contributed by atoms with Gasteiger partial charge in [-0.2, -0.15) is 4.31 Å². The molecule has 2 heterocycles. The van der Waals surface area contributed by atoms with E-state index in [-0.39, 0.29) is 12.5 Å². The van der Waals surface area contributed by atoms with E-state index in [0.29, 0.717) is 6.42 Å². The molecule has 1 aromatic heterocycles. The number of nitrogens with zero attached hydrogens (tertiary/aromatic N) is 1. The molecule has 1 aliphatic heterocycles. The van der Waals surface area contributed by atoms with Crippen molar-refractivity contribution < 1.29 is 18.3 Å². The number of hydrogen-bond acceptors (Lipinski definition) is 5. The predicted octanol–water partition coefficient (Wildman–Crippen LogP) is -1.45. The Morgan fingerprint density at radius 3 is 2.65 bits per heavy atom. The molecule has 0 amide bonds. The highest BCUT2D eigenvalue weighted by molar-refractivity contribution is 7.89. The topological polar surface area (TPSA) is 140 Å². The first kappa shape index (κ1) is 14.5. The molecule has 110 valence electrons. The number of H-pyrrole nitrogens is 2. The fraction of sp³-hybridized carbons (Fsp3) is 0.500. The van der Waals surface area contributed by atoms with Crippen LogP contribution in [0.15, 0.2) is 20.7 Å². The molecule has 2 atom stereocenters. The normalized spacial score (nSPS) is 23.9. The number of nitrogens with one attached hydrogen (secondary N) is 2. The largest absolute Gasteiger partial charge is 0.480 e. The molecule has 1 fully saturated rings. The van der Waals surface area contributed by atoms with Gasteiger partial charge in [-0.15, -0.1) is 0 Å². The van der Waals surface area contributed by atoms with Crippen LogP contribution in [0.5, 0.6) is 0 Å². The van der Waals surface area contributed by atoms with Crippen molar-refractivity contribution in [1.82, 2.24) is 14.3 Å². The molecule has 0 saturated carbocycles. The van der Waals surface area contributed by atoms with Crippen LogP contribution in [0.3, 0.4) is 0 Å². The second-order valence-corrected chi connectivity index (χ2v) is 6.46. The number of sulfonamides is 1. The molecule has 3 N–H and O–H groups in total. The standard InChI is InChI=1S/C10H13N3O6S/c1-5-2-3-13(7(5)9(15)16)20(18,19)6-4-11-10(17)12-8(6)14/h4-5,7H,2-3H2,1H3,(H,15,16)(H2,11,12,14,17). The number of aromatic amines is 2. The Balaban J connectivity index is 2.53. The van der Waals surface area contributed by atoms with Crippen molar-refractivity contribution >= 4 is 16.0 Å². The quantitative estimate of drug-likeness (QED) is 0.623. The van der Waals surface area contributed by atoms with E-state index in [1.807, 2.05) is 0 Å². The van der Waals surface area contributed by atoms with Gasteiger partial charge in [0.1, 0.15) is 6.04 Å². The number of carbonyl (C=O) groups is 1. The lowest BCUT2D eigenvalue weighted by Crippen LogP contribution is -2.44. The summed E-state index contributed by atoms with van der Waals surface area (Å²) in [5.41, 5.74) is -1.91. The average molecular weight is 303 g/mol. The van der Waals surface area contributed by atoms with E-state index in [1.165, 1.54) is 0 Å². The highest BCUT2D eigenvalue weighted by Gasteiger charge is 2.44. The monoisotopic (exact) mass is 303 g/mol. The van der Waals surface area contributed by atoms with Gasteiger partial charge in [-0.05, 0) is 12.3 Å². The fourth-order valence-corrected chi connectivity index (χ4v) is 3.95. The lowest BCUT2D eigenvalue weighted by atomic mass is 10.0. The summed E-state index contributed by atoms with van der Waals surface area (Å²) in [5.74, 6) is -1.62. The Morgan fingerprint density at radius 1 is 1.45 bits per heavy atom. The number of hydrogen-bond donors (Lipinski definition) is 3. The minimum atomic E-state index is -4.27. The summed E-state index contributed by atoms with van der Waals surface area (Å²) in [6.45, 7) is 1.64. The van der Waals surface area contributed by atoms with Gasteiger partial charge >= 0.3 is 11.7 Å². The molecule has 0 radical (unpaired) electrons. The number of carboxylic acids is 1. The maximum atomic E-state index is 12.3. The smallest absolute Gasteiger partial charge is 0.325 e. The number of rotatable bonds is 3. The highest BCUT2D eigenvalue weighted by Crippen LogP contribution is 2.28. The summed E-state index contributed by atoms with van der Waals surface area (Å²) >= 11 is 0. The molecule has 0 aromatic carbocycles. The number of aliphatic carboxylic acids is 1. The second kappa shape index (κ2) is 4.87. The Morgan fingerprint density at radius 2 is 2.10 bits per heavy atom. The molecular weight excluding hydrogens is 290 g/mol. The van der Waals surface area contributed by atoms with Crippen LogP contribution in [0.25, 0.3) is 0 Å². The first-order chi connectivity index (χ1) is 9.25. The molecule has 0 bridgehead atoms. The van der Waals surface area contributed by atoms with Gasteiger partial charge in [0.15, 0.2) is 4.90 Å². The molecule has 9 nitrogen and oxygen atoms in total. The molecule has 1 saturated heterocycles. The van der Waals surface area contributed by atoms with Gasteiger partial charge < -0.3 is 10.1 Å². The minimum Gasteiger partial charge on any atom is -0.480 e. The third-order valence-electron chi connectivity index (χ3n) is 3.28. The minimum absolute atomic E-state index is 0.0129. The molecule has 1 aromatic rings. The van der Waals surface area contributed by atoms with Gasteiger partial charge in [0.25, 0.3) is 15.6 Å². The summed E-state index contributed by atoms with van der Waals surface area (Å²) in [4.78, 5) is 36.9. The van der Waals surface area contributed by atoms with Crippen LogP contribution in [0, 0.1) is 5.92 Å². The first-order valence-corrected chi connectivity index (χ1v) is 7.26. The molecule has 10 heteroatoms.